The van der Waals surface area contributed by atoms with Gasteiger partial charge in [-0.15, -0.1) is 5.10 Å². The Bertz CT molecular complexity index is 1450. The van der Waals surface area contributed by atoms with Crippen molar-refractivity contribution in [3.63, 3.8) is 0 Å². The van der Waals surface area contributed by atoms with E-state index in [1.165, 1.54) is 6.07 Å². The minimum Gasteiger partial charge on any atom is -0.491 e. The number of hydrogen-bond donors (Lipinski definition) is 3. The van der Waals surface area contributed by atoms with Gasteiger partial charge in [-0.25, -0.2) is 5.10 Å². The highest BCUT2D eigenvalue weighted by molar-refractivity contribution is 6.36. The Morgan fingerprint density at radius 1 is 1.02 bits per heavy atom. The lowest BCUT2D eigenvalue weighted by atomic mass is 10.0. The third-order valence-electron chi connectivity index (χ3n) is 6.21. The highest BCUT2D eigenvalue weighted by atomic mass is 35.5. The quantitative estimate of drug-likeness (QED) is 0.158. The van der Waals surface area contributed by atoms with Gasteiger partial charge >= 0.3 is 6.18 Å². The zero-order valence-corrected chi connectivity index (χ0v) is 23.4. The maximum Gasteiger partial charge on any atom is 0.416 e. The van der Waals surface area contributed by atoms with Crippen LogP contribution >= 0.6 is 23.2 Å². The van der Waals surface area contributed by atoms with Crippen LogP contribution in [0.3, 0.4) is 0 Å². The van der Waals surface area contributed by atoms with Gasteiger partial charge in [0, 0.05) is 27.4 Å². The van der Waals surface area contributed by atoms with Crippen LogP contribution in [0.2, 0.25) is 10.0 Å². The van der Waals surface area contributed by atoms with E-state index in [1.807, 2.05) is 12.1 Å². The molecule has 0 aliphatic heterocycles. The number of alkyl halides is 3. The van der Waals surface area contributed by atoms with E-state index in [0.717, 1.165) is 37.1 Å². The molecule has 0 aliphatic rings. The molecule has 1 unspecified atom stereocenters. The van der Waals surface area contributed by atoms with Crippen molar-refractivity contribution in [1.82, 2.24) is 25.9 Å². The molecule has 3 N–H and O–H groups in total. The fraction of sp³-hybridized carbons (Fsp3) is 0.286. The number of carbonyl (C=O) groups is 1. The predicted octanol–water partition coefficient (Wildman–Crippen LogP) is 7.17. The van der Waals surface area contributed by atoms with E-state index < -0.39 is 11.7 Å². The van der Waals surface area contributed by atoms with Crippen molar-refractivity contribution in [3.8, 4) is 16.9 Å². The molecule has 41 heavy (non-hydrogen) atoms. The Balaban J connectivity index is 1.37. The molecule has 4 aromatic rings. The van der Waals surface area contributed by atoms with Crippen molar-refractivity contribution in [1.29, 1.82) is 0 Å². The topological polar surface area (TPSA) is 105 Å². The average Bonchev–Trinajstić information content (AvgIpc) is 3.47. The first-order valence-corrected chi connectivity index (χ1v) is 13.6. The van der Waals surface area contributed by atoms with Crippen LogP contribution in [0.15, 0.2) is 60.7 Å². The molecule has 0 fully saturated rings. The number of rotatable bonds is 12. The van der Waals surface area contributed by atoms with Gasteiger partial charge < -0.3 is 15.4 Å². The van der Waals surface area contributed by atoms with E-state index >= 15 is 0 Å². The minimum atomic E-state index is -4.49. The van der Waals surface area contributed by atoms with Gasteiger partial charge in [0.25, 0.3) is 5.91 Å². The maximum atomic E-state index is 13.0. The summed E-state index contributed by atoms with van der Waals surface area (Å²) >= 11 is 12.6. The molecule has 0 saturated heterocycles. The summed E-state index contributed by atoms with van der Waals surface area (Å²) in [5.41, 5.74) is 1.39. The van der Waals surface area contributed by atoms with Gasteiger partial charge in [-0.3, -0.25) is 4.79 Å². The molecular weight excluding hydrogens is 580 g/mol. The van der Waals surface area contributed by atoms with Gasteiger partial charge in [-0.1, -0.05) is 49.0 Å². The summed E-state index contributed by atoms with van der Waals surface area (Å²) in [4.78, 5) is 12.4. The Hall–Kier alpha value is -3.83. The molecule has 0 spiro atoms. The van der Waals surface area contributed by atoms with Crippen molar-refractivity contribution >= 4 is 34.8 Å². The molecule has 4 rings (SSSR count). The van der Waals surface area contributed by atoms with Gasteiger partial charge in [-0.05, 0) is 71.4 Å². The number of aromatic amines is 1. The number of carbonyl (C=O) groups excluding carboxylic acids is 1. The highest BCUT2D eigenvalue weighted by Gasteiger charge is 2.31. The minimum absolute atomic E-state index is 0.0311. The second kappa shape index (κ2) is 13.7. The maximum absolute atomic E-state index is 13.0. The molecule has 1 amide bonds. The summed E-state index contributed by atoms with van der Waals surface area (Å²) in [5.74, 6) is 0.713. The Labute approximate surface area is 244 Å². The number of nitrogens with zero attached hydrogens (tertiary/aromatic N) is 3. The number of aromatic nitrogens is 4. The van der Waals surface area contributed by atoms with E-state index in [2.05, 4.69) is 38.2 Å². The monoisotopic (exact) mass is 606 g/mol. The second-order valence-corrected chi connectivity index (χ2v) is 10.1. The Morgan fingerprint density at radius 3 is 2.34 bits per heavy atom. The van der Waals surface area contributed by atoms with Crippen LogP contribution in [0.5, 0.6) is 5.75 Å². The number of nitrogens with one attached hydrogen (secondary N) is 3. The summed E-state index contributed by atoms with van der Waals surface area (Å²) in [6.07, 6.45) is -1.66. The van der Waals surface area contributed by atoms with Crippen LogP contribution < -0.4 is 15.4 Å². The molecule has 1 aromatic heterocycles. The number of unbranched alkanes of at least 4 members (excludes halogenated alkanes) is 1. The van der Waals surface area contributed by atoms with Crippen molar-refractivity contribution < 1.29 is 22.7 Å². The summed E-state index contributed by atoms with van der Waals surface area (Å²) in [7, 11) is 0. The molecule has 1 atom stereocenters. The van der Waals surface area contributed by atoms with E-state index in [1.54, 1.807) is 30.3 Å². The number of halogens is 5. The van der Waals surface area contributed by atoms with Crippen molar-refractivity contribution in [2.45, 2.75) is 44.9 Å². The summed E-state index contributed by atoms with van der Waals surface area (Å²) < 4.78 is 45.0. The Morgan fingerprint density at radius 2 is 1.73 bits per heavy atom. The van der Waals surface area contributed by atoms with Gasteiger partial charge in [0.2, 0.25) is 0 Å². The fourth-order valence-corrected chi connectivity index (χ4v) is 4.59. The first-order chi connectivity index (χ1) is 19.6. The van der Waals surface area contributed by atoms with E-state index in [0.29, 0.717) is 39.9 Å². The first-order valence-electron chi connectivity index (χ1n) is 12.8. The van der Waals surface area contributed by atoms with Crippen molar-refractivity contribution in [2.24, 2.45) is 0 Å². The standard InChI is InChI=1S/C28H27Cl2F3N6O2/c1-2-3-4-20(35-19-8-5-17(6-9-19)27(40)34-15-26-36-38-39-37-26)16-41-21-10-12-23(25(30)14-21)22-11-7-18(13-24(22)29)28(31,32)33/h5-14,20,35H,2-4,15-16H2,1H3,(H,34,40)(H,36,37,38,39). The van der Waals surface area contributed by atoms with Crippen LogP contribution in [-0.2, 0) is 12.7 Å². The van der Waals surface area contributed by atoms with Gasteiger partial charge in [0.15, 0.2) is 5.82 Å². The Kier molecular flexibility index (Phi) is 10.1. The molecule has 0 saturated carbocycles. The third kappa shape index (κ3) is 8.34. The molecular formula is C28H27Cl2F3N6O2. The molecule has 3 aromatic carbocycles. The summed E-state index contributed by atoms with van der Waals surface area (Å²) in [6, 6.07) is 15.2. The van der Waals surface area contributed by atoms with Gasteiger partial charge in [-0.2, -0.15) is 13.2 Å². The molecule has 13 heteroatoms. The predicted molar refractivity (Wildman–Crippen MR) is 151 cm³/mol. The van der Waals surface area contributed by atoms with Crippen molar-refractivity contribution in [3.05, 3.63) is 87.7 Å². The van der Waals surface area contributed by atoms with Gasteiger partial charge in [0.1, 0.15) is 12.4 Å². The number of anilines is 1. The highest BCUT2D eigenvalue weighted by Crippen LogP contribution is 2.39. The molecule has 0 aliphatic carbocycles. The fourth-order valence-electron chi connectivity index (χ4n) is 4.03. The lowest BCUT2D eigenvalue weighted by Crippen LogP contribution is -2.27. The van der Waals surface area contributed by atoms with E-state index in [4.69, 9.17) is 27.9 Å². The largest absolute Gasteiger partial charge is 0.491 e. The number of benzene rings is 3. The lowest BCUT2D eigenvalue weighted by molar-refractivity contribution is -0.137. The third-order valence-corrected chi connectivity index (χ3v) is 6.83. The first kappa shape index (κ1) is 30.1. The summed E-state index contributed by atoms with van der Waals surface area (Å²) in [5, 5.41) is 19.7. The zero-order valence-electron chi connectivity index (χ0n) is 21.9. The van der Waals surface area contributed by atoms with Crippen molar-refractivity contribution in [2.75, 3.05) is 11.9 Å². The number of amides is 1. The van der Waals surface area contributed by atoms with Crippen LogP contribution in [0.1, 0.15) is 47.9 Å². The van der Waals surface area contributed by atoms with Crippen LogP contribution in [0, 0.1) is 0 Å². The van der Waals surface area contributed by atoms with Crippen LogP contribution in [-0.4, -0.2) is 39.2 Å². The number of H-pyrrole nitrogens is 1. The average molecular weight is 607 g/mol. The molecule has 216 valence electrons. The number of ether oxygens (including phenoxy) is 1. The second-order valence-electron chi connectivity index (χ2n) is 9.24. The SMILES string of the molecule is CCCCC(COc1ccc(-c2ccc(C(F)(F)F)cc2Cl)c(Cl)c1)Nc1ccc(C(=O)NCc2nnn[nH]2)cc1. The lowest BCUT2D eigenvalue weighted by Gasteiger charge is -2.21. The molecule has 8 nitrogen and oxygen atoms in total. The number of hydrogen-bond acceptors (Lipinski definition) is 6. The molecule has 0 radical (unpaired) electrons. The molecule has 1 heterocycles. The normalized spacial score (nSPS) is 12.1. The van der Waals surface area contributed by atoms with Crippen LogP contribution in [0.4, 0.5) is 18.9 Å². The number of tetrazole rings is 1. The summed E-state index contributed by atoms with van der Waals surface area (Å²) in [6.45, 7) is 2.62. The van der Waals surface area contributed by atoms with Crippen LogP contribution in [0.25, 0.3) is 11.1 Å². The smallest absolute Gasteiger partial charge is 0.416 e. The van der Waals surface area contributed by atoms with E-state index in [-0.39, 0.29) is 23.5 Å². The zero-order chi connectivity index (χ0) is 29.4. The van der Waals surface area contributed by atoms with E-state index in [9.17, 15) is 18.0 Å². The molecule has 0 bridgehead atoms. The van der Waals surface area contributed by atoms with Gasteiger partial charge in [0.05, 0.1) is 23.2 Å².